The summed E-state index contributed by atoms with van der Waals surface area (Å²) in [5.74, 6) is -1.23. The molecule has 1 saturated heterocycles. The molecule has 122 valence electrons. The van der Waals surface area contributed by atoms with E-state index in [1.54, 1.807) is 18.2 Å². The van der Waals surface area contributed by atoms with Crippen LogP contribution in [0.2, 0.25) is 0 Å². The van der Waals surface area contributed by atoms with Gasteiger partial charge in [0.2, 0.25) is 10.0 Å². The van der Waals surface area contributed by atoms with E-state index in [0.29, 0.717) is 13.0 Å². The third kappa shape index (κ3) is 3.66. The second-order valence-electron chi connectivity index (χ2n) is 5.84. The standard InChI is InChI=1S/C15H22N2O4S/c1-17(2)22(20,21)13-5-3-4-11(8-13)9-14(15(18)19)12-6-7-16-10-12/h3-5,8,12,14,16H,6-7,9-10H2,1-2H3,(H,18,19)/t12-,14-/m0/s1. The van der Waals surface area contributed by atoms with Gasteiger partial charge in [0, 0.05) is 14.1 Å². The van der Waals surface area contributed by atoms with Crippen LogP contribution in [0, 0.1) is 11.8 Å². The molecule has 1 aromatic rings. The van der Waals surface area contributed by atoms with E-state index in [-0.39, 0.29) is 10.8 Å². The summed E-state index contributed by atoms with van der Waals surface area (Å²) >= 11 is 0. The van der Waals surface area contributed by atoms with Gasteiger partial charge in [0.05, 0.1) is 10.8 Å². The van der Waals surface area contributed by atoms with Crippen molar-refractivity contribution in [2.75, 3.05) is 27.2 Å². The topological polar surface area (TPSA) is 86.7 Å². The maximum absolute atomic E-state index is 12.2. The van der Waals surface area contributed by atoms with Crippen molar-refractivity contribution in [3.05, 3.63) is 29.8 Å². The highest BCUT2D eigenvalue weighted by molar-refractivity contribution is 7.89. The molecule has 0 radical (unpaired) electrons. The van der Waals surface area contributed by atoms with E-state index in [1.807, 2.05) is 0 Å². The van der Waals surface area contributed by atoms with Gasteiger partial charge in [0.1, 0.15) is 0 Å². The monoisotopic (exact) mass is 326 g/mol. The molecule has 1 aromatic carbocycles. The summed E-state index contributed by atoms with van der Waals surface area (Å²) in [4.78, 5) is 11.7. The Labute approximate surface area is 131 Å². The zero-order valence-electron chi connectivity index (χ0n) is 12.8. The van der Waals surface area contributed by atoms with Gasteiger partial charge in [-0.15, -0.1) is 0 Å². The van der Waals surface area contributed by atoms with E-state index < -0.39 is 21.9 Å². The number of carboxylic acids is 1. The Hall–Kier alpha value is -1.44. The quantitative estimate of drug-likeness (QED) is 0.807. The van der Waals surface area contributed by atoms with Gasteiger partial charge < -0.3 is 10.4 Å². The normalized spacial score (nSPS) is 20.2. The molecule has 0 aliphatic carbocycles. The lowest BCUT2D eigenvalue weighted by Crippen LogP contribution is -2.27. The Morgan fingerprint density at radius 1 is 1.45 bits per heavy atom. The Balaban J connectivity index is 2.23. The number of hydrogen-bond donors (Lipinski definition) is 2. The largest absolute Gasteiger partial charge is 0.481 e. The van der Waals surface area contributed by atoms with Gasteiger partial charge in [-0.25, -0.2) is 12.7 Å². The van der Waals surface area contributed by atoms with Crippen LogP contribution in [0.5, 0.6) is 0 Å². The van der Waals surface area contributed by atoms with E-state index in [0.717, 1.165) is 22.8 Å². The Bertz CT molecular complexity index is 637. The van der Waals surface area contributed by atoms with Crippen LogP contribution in [0.15, 0.2) is 29.2 Å². The molecule has 1 aliphatic heterocycles. The number of nitrogens with zero attached hydrogens (tertiary/aromatic N) is 1. The summed E-state index contributed by atoms with van der Waals surface area (Å²) in [6.45, 7) is 1.54. The fourth-order valence-electron chi connectivity index (χ4n) is 2.77. The van der Waals surface area contributed by atoms with Crippen molar-refractivity contribution in [2.24, 2.45) is 11.8 Å². The number of hydrogen-bond acceptors (Lipinski definition) is 4. The summed E-state index contributed by atoms with van der Waals surface area (Å²) in [7, 11) is -0.544. The molecule has 1 fully saturated rings. The van der Waals surface area contributed by atoms with Crippen LogP contribution in [-0.4, -0.2) is 51.0 Å². The predicted molar refractivity (Wildman–Crippen MR) is 83.1 cm³/mol. The van der Waals surface area contributed by atoms with Gasteiger partial charge >= 0.3 is 5.97 Å². The van der Waals surface area contributed by atoms with E-state index in [9.17, 15) is 18.3 Å². The van der Waals surface area contributed by atoms with Gasteiger partial charge in [-0.3, -0.25) is 4.79 Å². The van der Waals surface area contributed by atoms with Crippen LogP contribution >= 0.6 is 0 Å². The minimum Gasteiger partial charge on any atom is -0.481 e. The minimum absolute atomic E-state index is 0.0895. The first-order chi connectivity index (χ1) is 10.3. The van der Waals surface area contributed by atoms with Crippen LogP contribution < -0.4 is 5.32 Å². The van der Waals surface area contributed by atoms with Crippen LogP contribution in [0.25, 0.3) is 0 Å². The first-order valence-corrected chi connectivity index (χ1v) is 8.71. The number of sulfonamides is 1. The van der Waals surface area contributed by atoms with Crippen LogP contribution in [0.3, 0.4) is 0 Å². The second-order valence-corrected chi connectivity index (χ2v) is 7.99. The number of carbonyl (C=O) groups is 1. The van der Waals surface area contributed by atoms with Gasteiger partial charge in [0.25, 0.3) is 0 Å². The highest BCUT2D eigenvalue weighted by atomic mass is 32.2. The van der Waals surface area contributed by atoms with Crippen molar-refractivity contribution in [3.8, 4) is 0 Å². The van der Waals surface area contributed by atoms with E-state index in [2.05, 4.69) is 5.32 Å². The van der Waals surface area contributed by atoms with Crippen LogP contribution in [0.4, 0.5) is 0 Å². The van der Waals surface area contributed by atoms with Crippen molar-refractivity contribution in [1.82, 2.24) is 9.62 Å². The first kappa shape index (κ1) is 16.9. The fraction of sp³-hybridized carbons (Fsp3) is 0.533. The third-order valence-corrected chi connectivity index (χ3v) is 5.93. The second kappa shape index (κ2) is 6.76. The molecule has 0 unspecified atom stereocenters. The molecule has 0 bridgehead atoms. The zero-order valence-corrected chi connectivity index (χ0v) is 13.6. The number of aliphatic carboxylic acids is 1. The number of carboxylic acid groups (broad SMARTS) is 1. The molecule has 6 nitrogen and oxygen atoms in total. The summed E-state index contributed by atoms with van der Waals surface area (Å²) in [5, 5.41) is 12.6. The zero-order chi connectivity index (χ0) is 16.3. The average Bonchev–Trinajstić information content (AvgIpc) is 2.98. The molecule has 1 aliphatic rings. The molecule has 0 spiro atoms. The van der Waals surface area contributed by atoms with E-state index >= 15 is 0 Å². The Morgan fingerprint density at radius 3 is 2.73 bits per heavy atom. The molecule has 7 heteroatoms. The minimum atomic E-state index is -3.50. The fourth-order valence-corrected chi connectivity index (χ4v) is 3.75. The van der Waals surface area contributed by atoms with Gasteiger partial charge in [-0.1, -0.05) is 12.1 Å². The van der Waals surface area contributed by atoms with Crippen molar-refractivity contribution >= 4 is 16.0 Å². The van der Waals surface area contributed by atoms with Crippen molar-refractivity contribution in [1.29, 1.82) is 0 Å². The molecule has 2 atom stereocenters. The van der Waals surface area contributed by atoms with Gasteiger partial charge in [0.15, 0.2) is 0 Å². The lowest BCUT2D eigenvalue weighted by Gasteiger charge is -2.19. The van der Waals surface area contributed by atoms with Gasteiger partial charge in [-0.2, -0.15) is 0 Å². The van der Waals surface area contributed by atoms with Crippen LogP contribution in [-0.2, 0) is 21.2 Å². The maximum Gasteiger partial charge on any atom is 0.307 e. The van der Waals surface area contributed by atoms with Crippen LogP contribution in [0.1, 0.15) is 12.0 Å². The van der Waals surface area contributed by atoms with Crippen molar-refractivity contribution in [3.63, 3.8) is 0 Å². The summed E-state index contributed by atoms with van der Waals surface area (Å²) in [5.41, 5.74) is 0.738. The lowest BCUT2D eigenvalue weighted by atomic mass is 9.86. The maximum atomic E-state index is 12.2. The smallest absolute Gasteiger partial charge is 0.307 e. The number of nitrogens with one attached hydrogen (secondary N) is 1. The molecule has 0 amide bonds. The summed E-state index contributed by atoms with van der Waals surface area (Å²) in [6.07, 6.45) is 1.19. The van der Waals surface area contributed by atoms with Crippen molar-refractivity contribution in [2.45, 2.75) is 17.7 Å². The van der Waals surface area contributed by atoms with E-state index in [1.165, 1.54) is 20.2 Å². The number of benzene rings is 1. The molecular weight excluding hydrogens is 304 g/mol. The third-order valence-electron chi connectivity index (χ3n) is 4.12. The average molecular weight is 326 g/mol. The van der Waals surface area contributed by atoms with Gasteiger partial charge in [-0.05, 0) is 49.5 Å². The predicted octanol–water partition coefficient (Wildman–Crippen LogP) is 0.790. The SMILES string of the molecule is CN(C)S(=O)(=O)c1cccc(C[C@H](C(=O)O)[C@H]2CCNC2)c1. The number of rotatable bonds is 6. The van der Waals surface area contributed by atoms with E-state index in [4.69, 9.17) is 0 Å². The highest BCUT2D eigenvalue weighted by Gasteiger charge is 2.30. The summed E-state index contributed by atoms with van der Waals surface area (Å²) < 4.78 is 25.5. The molecule has 2 rings (SSSR count). The molecule has 0 saturated carbocycles. The van der Waals surface area contributed by atoms with Crippen molar-refractivity contribution < 1.29 is 18.3 Å². The first-order valence-electron chi connectivity index (χ1n) is 7.27. The molecular formula is C15H22N2O4S. The Morgan fingerprint density at radius 2 is 2.18 bits per heavy atom. The lowest BCUT2D eigenvalue weighted by molar-refractivity contribution is -0.143. The molecule has 0 aromatic heterocycles. The molecule has 2 N–H and O–H groups in total. The summed E-state index contributed by atoms with van der Waals surface area (Å²) in [6, 6.07) is 6.56. The Kier molecular flexibility index (Phi) is 5.20. The highest BCUT2D eigenvalue weighted by Crippen LogP contribution is 2.25. The molecule has 22 heavy (non-hydrogen) atoms. The molecule has 1 heterocycles.